The third-order valence-electron chi connectivity index (χ3n) is 3.68. The number of nitrogens with one attached hydrogen (secondary N) is 1. The van der Waals surface area contributed by atoms with Crippen LogP contribution in [-0.4, -0.2) is 51.2 Å². The van der Waals surface area contributed by atoms with Gasteiger partial charge < -0.3 is 19.5 Å². The van der Waals surface area contributed by atoms with Crippen LogP contribution < -0.4 is 5.32 Å². The fourth-order valence-corrected chi connectivity index (χ4v) is 2.58. The Hall–Kier alpha value is -0.160. The first kappa shape index (κ1) is 14.3. The SMILES string of the molecule is CCCNCC1CCC(COC2CCOCC2)O1. The molecular weight excluding hydrogens is 230 g/mol. The van der Waals surface area contributed by atoms with Crippen molar-refractivity contribution in [3.05, 3.63) is 0 Å². The quantitative estimate of drug-likeness (QED) is 0.705. The van der Waals surface area contributed by atoms with E-state index in [0.717, 1.165) is 52.2 Å². The lowest BCUT2D eigenvalue weighted by Crippen LogP contribution is -2.30. The molecule has 0 aromatic carbocycles. The third kappa shape index (κ3) is 4.84. The van der Waals surface area contributed by atoms with E-state index in [4.69, 9.17) is 14.2 Å². The summed E-state index contributed by atoms with van der Waals surface area (Å²) < 4.78 is 17.2. The van der Waals surface area contributed by atoms with Gasteiger partial charge in [-0.05, 0) is 38.6 Å². The smallest absolute Gasteiger partial charge is 0.0814 e. The molecule has 1 N–H and O–H groups in total. The predicted molar refractivity (Wildman–Crippen MR) is 70.8 cm³/mol. The molecule has 0 aliphatic carbocycles. The molecule has 4 heteroatoms. The number of ether oxygens (including phenoxy) is 3. The Morgan fingerprint density at radius 2 is 1.89 bits per heavy atom. The first-order chi connectivity index (χ1) is 8.88. The molecule has 2 saturated heterocycles. The molecule has 0 spiro atoms. The molecular formula is C14H27NO3. The van der Waals surface area contributed by atoms with Crippen molar-refractivity contribution in [2.75, 3.05) is 32.9 Å². The Morgan fingerprint density at radius 1 is 1.11 bits per heavy atom. The van der Waals surface area contributed by atoms with Gasteiger partial charge in [0, 0.05) is 19.8 Å². The zero-order valence-corrected chi connectivity index (χ0v) is 11.5. The minimum atomic E-state index is 0.307. The van der Waals surface area contributed by atoms with Gasteiger partial charge >= 0.3 is 0 Å². The summed E-state index contributed by atoms with van der Waals surface area (Å²) in [5.41, 5.74) is 0. The predicted octanol–water partition coefficient (Wildman–Crippen LogP) is 1.73. The van der Waals surface area contributed by atoms with E-state index in [1.165, 1.54) is 12.8 Å². The van der Waals surface area contributed by atoms with Crippen molar-refractivity contribution in [2.45, 2.75) is 57.3 Å². The van der Waals surface area contributed by atoms with Crippen molar-refractivity contribution in [1.82, 2.24) is 5.32 Å². The normalized spacial score (nSPS) is 29.8. The third-order valence-corrected chi connectivity index (χ3v) is 3.68. The Balaban J connectivity index is 1.54. The highest BCUT2D eigenvalue weighted by molar-refractivity contribution is 4.76. The fraction of sp³-hybridized carbons (Fsp3) is 1.00. The standard InChI is InChI=1S/C14H27NO3/c1-2-7-15-10-13-3-4-14(18-13)11-17-12-5-8-16-9-6-12/h12-15H,2-11H2,1H3. The number of hydrogen-bond acceptors (Lipinski definition) is 4. The Morgan fingerprint density at radius 3 is 2.67 bits per heavy atom. The van der Waals surface area contributed by atoms with Gasteiger partial charge in [0.05, 0.1) is 24.9 Å². The summed E-state index contributed by atoms with van der Waals surface area (Å²) in [7, 11) is 0. The molecule has 0 aromatic rings. The summed E-state index contributed by atoms with van der Waals surface area (Å²) in [6.45, 7) is 6.71. The maximum atomic E-state index is 5.98. The van der Waals surface area contributed by atoms with Gasteiger partial charge in [0.2, 0.25) is 0 Å². The highest BCUT2D eigenvalue weighted by atomic mass is 16.6. The van der Waals surface area contributed by atoms with Crippen LogP contribution in [0, 0.1) is 0 Å². The van der Waals surface area contributed by atoms with E-state index in [0.29, 0.717) is 18.3 Å². The minimum absolute atomic E-state index is 0.307. The van der Waals surface area contributed by atoms with Gasteiger partial charge in [-0.2, -0.15) is 0 Å². The first-order valence-electron chi connectivity index (χ1n) is 7.44. The topological polar surface area (TPSA) is 39.7 Å². The Bertz CT molecular complexity index is 219. The van der Waals surface area contributed by atoms with Crippen LogP contribution in [-0.2, 0) is 14.2 Å². The van der Waals surface area contributed by atoms with Crippen LogP contribution in [0.5, 0.6) is 0 Å². The Labute approximate surface area is 110 Å². The van der Waals surface area contributed by atoms with Crippen LogP contribution in [0.4, 0.5) is 0 Å². The van der Waals surface area contributed by atoms with Crippen molar-refractivity contribution < 1.29 is 14.2 Å². The molecule has 0 aromatic heterocycles. The molecule has 2 aliphatic rings. The highest BCUT2D eigenvalue weighted by Crippen LogP contribution is 2.21. The molecule has 2 fully saturated rings. The van der Waals surface area contributed by atoms with E-state index in [-0.39, 0.29) is 0 Å². The average Bonchev–Trinajstić information content (AvgIpc) is 2.86. The van der Waals surface area contributed by atoms with Crippen LogP contribution in [0.25, 0.3) is 0 Å². The van der Waals surface area contributed by atoms with Gasteiger partial charge in [-0.15, -0.1) is 0 Å². The van der Waals surface area contributed by atoms with Gasteiger partial charge in [0.1, 0.15) is 0 Å². The molecule has 0 bridgehead atoms. The lowest BCUT2D eigenvalue weighted by atomic mass is 10.1. The van der Waals surface area contributed by atoms with Crippen LogP contribution in [0.15, 0.2) is 0 Å². The monoisotopic (exact) mass is 257 g/mol. The molecule has 2 heterocycles. The van der Waals surface area contributed by atoms with Crippen molar-refractivity contribution >= 4 is 0 Å². The summed E-state index contributed by atoms with van der Waals surface area (Å²) in [6, 6.07) is 0. The van der Waals surface area contributed by atoms with Crippen LogP contribution in [0.1, 0.15) is 39.0 Å². The fourth-order valence-electron chi connectivity index (χ4n) is 2.58. The van der Waals surface area contributed by atoms with Crippen molar-refractivity contribution in [1.29, 1.82) is 0 Å². The van der Waals surface area contributed by atoms with Crippen LogP contribution in [0.2, 0.25) is 0 Å². The summed E-state index contributed by atoms with van der Waals surface area (Å²) in [6.07, 6.45) is 6.65. The lowest BCUT2D eigenvalue weighted by molar-refractivity contribution is -0.0732. The second-order valence-corrected chi connectivity index (χ2v) is 5.31. The molecule has 2 unspecified atom stereocenters. The summed E-state index contributed by atoms with van der Waals surface area (Å²) in [4.78, 5) is 0. The molecule has 106 valence electrons. The van der Waals surface area contributed by atoms with E-state index in [2.05, 4.69) is 12.2 Å². The van der Waals surface area contributed by atoms with E-state index in [1.54, 1.807) is 0 Å². The maximum absolute atomic E-state index is 5.98. The van der Waals surface area contributed by atoms with E-state index in [9.17, 15) is 0 Å². The van der Waals surface area contributed by atoms with Crippen molar-refractivity contribution in [3.63, 3.8) is 0 Å². The van der Waals surface area contributed by atoms with E-state index >= 15 is 0 Å². The van der Waals surface area contributed by atoms with Gasteiger partial charge in [0.25, 0.3) is 0 Å². The van der Waals surface area contributed by atoms with E-state index < -0.39 is 0 Å². The summed E-state index contributed by atoms with van der Waals surface area (Å²) in [5, 5.41) is 3.42. The molecule has 2 atom stereocenters. The molecule has 4 nitrogen and oxygen atoms in total. The average molecular weight is 257 g/mol. The van der Waals surface area contributed by atoms with Crippen molar-refractivity contribution in [3.8, 4) is 0 Å². The zero-order chi connectivity index (χ0) is 12.6. The lowest BCUT2D eigenvalue weighted by Gasteiger charge is -2.24. The van der Waals surface area contributed by atoms with Crippen molar-refractivity contribution in [2.24, 2.45) is 0 Å². The molecule has 2 rings (SSSR count). The second kappa shape index (κ2) is 8.10. The van der Waals surface area contributed by atoms with Gasteiger partial charge in [-0.3, -0.25) is 0 Å². The molecule has 0 saturated carbocycles. The summed E-state index contributed by atoms with van der Waals surface area (Å²) >= 11 is 0. The second-order valence-electron chi connectivity index (χ2n) is 5.31. The highest BCUT2D eigenvalue weighted by Gasteiger charge is 2.26. The molecule has 0 radical (unpaired) electrons. The molecule has 2 aliphatic heterocycles. The van der Waals surface area contributed by atoms with Gasteiger partial charge in [0.15, 0.2) is 0 Å². The van der Waals surface area contributed by atoms with Crippen LogP contribution in [0.3, 0.4) is 0 Å². The van der Waals surface area contributed by atoms with E-state index in [1.807, 2.05) is 0 Å². The molecule has 0 amide bonds. The summed E-state index contributed by atoms with van der Waals surface area (Å²) in [5.74, 6) is 0. The minimum Gasteiger partial charge on any atom is -0.381 e. The van der Waals surface area contributed by atoms with Gasteiger partial charge in [-0.25, -0.2) is 0 Å². The number of rotatable bonds is 7. The molecule has 18 heavy (non-hydrogen) atoms. The largest absolute Gasteiger partial charge is 0.381 e. The zero-order valence-electron chi connectivity index (χ0n) is 11.5. The Kier molecular flexibility index (Phi) is 6.41. The first-order valence-corrected chi connectivity index (χ1v) is 7.44. The van der Waals surface area contributed by atoms with Gasteiger partial charge in [-0.1, -0.05) is 6.92 Å². The number of hydrogen-bond donors (Lipinski definition) is 1. The maximum Gasteiger partial charge on any atom is 0.0814 e. The van der Waals surface area contributed by atoms with Crippen LogP contribution >= 0.6 is 0 Å².